The zero-order valence-electron chi connectivity index (χ0n) is 17.9. The summed E-state index contributed by atoms with van der Waals surface area (Å²) in [5, 5.41) is 6.17. The quantitative estimate of drug-likeness (QED) is 0.712. The number of thiazole rings is 1. The predicted molar refractivity (Wildman–Crippen MR) is 121 cm³/mol. The minimum atomic E-state index is -0.246. The van der Waals surface area contributed by atoms with E-state index < -0.39 is 0 Å². The number of carbonyl (C=O) groups is 2. The van der Waals surface area contributed by atoms with Crippen molar-refractivity contribution in [3.63, 3.8) is 0 Å². The summed E-state index contributed by atoms with van der Waals surface area (Å²) >= 11 is 1.58. The molecule has 8 nitrogen and oxygen atoms in total. The third-order valence-electron chi connectivity index (χ3n) is 6.24. The highest BCUT2D eigenvalue weighted by molar-refractivity contribution is 7.13. The van der Waals surface area contributed by atoms with Crippen molar-refractivity contribution in [3.8, 4) is 0 Å². The molecule has 0 radical (unpaired) electrons. The molecule has 2 aromatic rings. The molecule has 9 heteroatoms. The maximum Gasteiger partial charge on any atom is 0.236 e. The van der Waals surface area contributed by atoms with E-state index in [9.17, 15) is 9.59 Å². The van der Waals surface area contributed by atoms with Gasteiger partial charge in [0.1, 0.15) is 5.82 Å². The molecule has 0 atom stereocenters. The van der Waals surface area contributed by atoms with E-state index in [-0.39, 0.29) is 17.7 Å². The summed E-state index contributed by atoms with van der Waals surface area (Å²) in [5.41, 5.74) is 7.48. The van der Waals surface area contributed by atoms with Crippen LogP contribution in [-0.2, 0) is 9.59 Å². The smallest absolute Gasteiger partial charge is 0.236 e. The molecule has 2 saturated heterocycles. The fraction of sp³-hybridized carbons (Fsp3) is 0.545. The van der Waals surface area contributed by atoms with Crippen molar-refractivity contribution in [2.45, 2.75) is 38.5 Å². The van der Waals surface area contributed by atoms with Crippen molar-refractivity contribution in [3.05, 3.63) is 35.0 Å². The highest BCUT2D eigenvalue weighted by atomic mass is 32.1. The van der Waals surface area contributed by atoms with Crippen LogP contribution >= 0.6 is 11.3 Å². The van der Waals surface area contributed by atoms with Gasteiger partial charge in [0.2, 0.25) is 11.8 Å². The number of amides is 2. The number of nitrogens with zero attached hydrogens (tertiary/aromatic N) is 4. The van der Waals surface area contributed by atoms with Gasteiger partial charge < -0.3 is 16.0 Å². The van der Waals surface area contributed by atoms with Crippen LogP contribution in [0.25, 0.3) is 0 Å². The Bertz CT molecular complexity index is 916. The largest absolute Gasteiger partial charge is 0.369 e. The van der Waals surface area contributed by atoms with E-state index in [1.54, 1.807) is 11.3 Å². The number of hydrogen-bond acceptors (Lipinski definition) is 7. The Morgan fingerprint density at radius 2 is 1.87 bits per heavy atom. The van der Waals surface area contributed by atoms with Crippen LogP contribution in [0.2, 0.25) is 0 Å². The Morgan fingerprint density at radius 3 is 2.52 bits per heavy atom. The van der Waals surface area contributed by atoms with E-state index in [4.69, 9.17) is 10.7 Å². The molecule has 2 aliphatic rings. The van der Waals surface area contributed by atoms with Crippen LogP contribution < -0.4 is 11.1 Å². The number of pyridine rings is 1. The van der Waals surface area contributed by atoms with Crippen LogP contribution in [0.15, 0.2) is 23.6 Å². The second kappa shape index (κ2) is 9.74. The molecule has 3 N–H and O–H groups in total. The molecule has 4 heterocycles. The fourth-order valence-corrected chi connectivity index (χ4v) is 5.06. The van der Waals surface area contributed by atoms with Crippen LogP contribution in [0.4, 0.5) is 10.9 Å². The van der Waals surface area contributed by atoms with Gasteiger partial charge in [0, 0.05) is 36.0 Å². The zero-order chi connectivity index (χ0) is 21.8. The molecule has 0 aliphatic carbocycles. The second-order valence-corrected chi connectivity index (χ2v) is 9.33. The van der Waals surface area contributed by atoms with Crippen molar-refractivity contribution in [2.75, 3.05) is 38.0 Å². The van der Waals surface area contributed by atoms with Crippen LogP contribution in [0.5, 0.6) is 0 Å². The van der Waals surface area contributed by atoms with Crippen molar-refractivity contribution >= 4 is 34.1 Å². The molecular weight excluding hydrogens is 412 g/mol. The average molecular weight is 443 g/mol. The lowest BCUT2D eigenvalue weighted by atomic mass is 9.93. The Hall–Kier alpha value is -2.52. The summed E-state index contributed by atoms with van der Waals surface area (Å²) in [6, 6.07) is 6.10. The number of primary amides is 1. The van der Waals surface area contributed by atoms with E-state index in [1.165, 1.54) is 0 Å². The number of rotatable bonds is 6. The molecule has 0 aromatic carbocycles. The summed E-state index contributed by atoms with van der Waals surface area (Å²) in [6.07, 6.45) is 3.34. The third-order valence-corrected chi connectivity index (χ3v) is 7.11. The summed E-state index contributed by atoms with van der Waals surface area (Å²) in [5.74, 6) is 1.05. The number of nitrogens with two attached hydrogens (primary N) is 1. The van der Waals surface area contributed by atoms with E-state index >= 15 is 0 Å². The van der Waals surface area contributed by atoms with Crippen molar-refractivity contribution in [1.82, 2.24) is 19.8 Å². The Labute approximate surface area is 186 Å². The lowest BCUT2D eigenvalue weighted by Crippen LogP contribution is -2.47. The van der Waals surface area contributed by atoms with E-state index in [1.807, 2.05) is 29.3 Å². The number of carbonyl (C=O) groups excluding carboxylic acids is 2. The van der Waals surface area contributed by atoms with Crippen molar-refractivity contribution in [2.24, 2.45) is 11.7 Å². The Morgan fingerprint density at radius 1 is 1.13 bits per heavy atom. The van der Waals surface area contributed by atoms with Gasteiger partial charge in [-0.1, -0.05) is 6.07 Å². The fourth-order valence-electron chi connectivity index (χ4n) is 4.36. The molecule has 0 saturated carbocycles. The maximum absolute atomic E-state index is 12.7. The minimum absolute atomic E-state index is 0.0860. The predicted octanol–water partition coefficient (Wildman–Crippen LogP) is 2.49. The maximum atomic E-state index is 12.7. The first kappa shape index (κ1) is 21.7. The molecule has 4 rings (SSSR count). The Balaban J connectivity index is 1.26. The van der Waals surface area contributed by atoms with Crippen molar-refractivity contribution in [1.29, 1.82) is 0 Å². The lowest BCUT2D eigenvalue weighted by Gasteiger charge is -2.35. The number of likely N-dealkylation sites (tertiary alicyclic amines) is 2. The Kier molecular flexibility index (Phi) is 6.82. The topological polar surface area (TPSA) is 104 Å². The van der Waals surface area contributed by atoms with Gasteiger partial charge in [-0.2, -0.15) is 0 Å². The standard InChI is InChI=1S/C22H30N6O2S/c1-15-14-31-22(24-15)26-19-4-2-3-18(25-19)16-5-9-27(10-6-16)13-20(29)28-11-7-17(8-12-28)21(23)30/h2-4,14,16-17H,5-13H2,1H3,(H2,23,30)(H,24,25,26). The highest BCUT2D eigenvalue weighted by Gasteiger charge is 2.28. The summed E-state index contributed by atoms with van der Waals surface area (Å²) < 4.78 is 0. The van der Waals surface area contributed by atoms with Gasteiger partial charge in [0.15, 0.2) is 5.13 Å². The molecule has 2 aliphatic heterocycles. The molecule has 31 heavy (non-hydrogen) atoms. The number of anilines is 2. The van der Waals surface area contributed by atoms with Gasteiger partial charge in [-0.15, -0.1) is 11.3 Å². The number of piperidine rings is 2. The number of aromatic nitrogens is 2. The first-order valence-corrected chi connectivity index (χ1v) is 11.8. The SMILES string of the molecule is Cc1csc(Nc2cccc(C3CCN(CC(=O)N4CCC(C(N)=O)CC4)CC3)n2)n1. The van der Waals surface area contributed by atoms with Crippen LogP contribution in [0.3, 0.4) is 0 Å². The van der Waals surface area contributed by atoms with Crippen LogP contribution in [0, 0.1) is 12.8 Å². The average Bonchev–Trinajstić information content (AvgIpc) is 3.19. The molecule has 166 valence electrons. The molecule has 2 aromatic heterocycles. The number of aryl methyl sites for hydroxylation is 1. The summed E-state index contributed by atoms with van der Waals surface area (Å²) in [4.78, 5) is 37.3. The number of nitrogens with one attached hydrogen (secondary N) is 1. The van der Waals surface area contributed by atoms with Gasteiger partial charge >= 0.3 is 0 Å². The zero-order valence-corrected chi connectivity index (χ0v) is 18.7. The molecular formula is C22H30N6O2S. The van der Waals surface area contributed by atoms with Crippen LogP contribution in [0.1, 0.15) is 43.0 Å². The number of hydrogen-bond donors (Lipinski definition) is 2. The minimum Gasteiger partial charge on any atom is -0.369 e. The summed E-state index contributed by atoms with van der Waals surface area (Å²) in [6.45, 7) is 5.47. The second-order valence-electron chi connectivity index (χ2n) is 8.47. The first-order valence-electron chi connectivity index (χ1n) is 10.9. The van der Waals surface area contributed by atoms with Gasteiger partial charge in [-0.25, -0.2) is 9.97 Å². The molecule has 2 fully saturated rings. The van der Waals surface area contributed by atoms with Gasteiger partial charge in [-0.3, -0.25) is 14.5 Å². The molecule has 0 unspecified atom stereocenters. The molecule has 0 spiro atoms. The van der Waals surface area contributed by atoms with E-state index in [2.05, 4.69) is 21.3 Å². The van der Waals surface area contributed by atoms with E-state index in [0.717, 1.165) is 48.3 Å². The molecule has 0 bridgehead atoms. The van der Waals surface area contributed by atoms with Gasteiger partial charge in [-0.05, 0) is 57.8 Å². The first-order chi connectivity index (χ1) is 15.0. The molecule has 2 amide bonds. The van der Waals surface area contributed by atoms with Crippen LogP contribution in [-0.4, -0.2) is 64.3 Å². The van der Waals surface area contributed by atoms with Gasteiger partial charge in [0.05, 0.1) is 12.2 Å². The van der Waals surface area contributed by atoms with Gasteiger partial charge in [0.25, 0.3) is 0 Å². The van der Waals surface area contributed by atoms with Crippen molar-refractivity contribution < 1.29 is 9.59 Å². The normalized spacial score (nSPS) is 18.8. The third kappa shape index (κ3) is 5.59. The lowest BCUT2D eigenvalue weighted by molar-refractivity contribution is -0.136. The summed E-state index contributed by atoms with van der Waals surface area (Å²) in [7, 11) is 0. The highest BCUT2D eigenvalue weighted by Crippen LogP contribution is 2.28. The monoisotopic (exact) mass is 442 g/mol. The van der Waals surface area contributed by atoms with E-state index in [0.29, 0.717) is 38.4 Å².